The van der Waals surface area contributed by atoms with Crippen LogP contribution in [-0.2, 0) is 4.79 Å². The number of nitrogens with zero attached hydrogens (tertiary/aromatic N) is 1. The van der Waals surface area contributed by atoms with Crippen molar-refractivity contribution in [3.8, 4) is 0 Å². The van der Waals surface area contributed by atoms with Crippen molar-refractivity contribution in [2.45, 2.75) is 57.9 Å². The van der Waals surface area contributed by atoms with E-state index < -0.39 is 5.97 Å². The van der Waals surface area contributed by atoms with Crippen molar-refractivity contribution in [2.75, 3.05) is 13.1 Å². The average Bonchev–Trinajstić information content (AvgIpc) is 2.74. The van der Waals surface area contributed by atoms with Gasteiger partial charge in [-0.05, 0) is 50.6 Å². The molecule has 0 unspecified atom stereocenters. The monoisotopic (exact) mass is 239 g/mol. The van der Waals surface area contributed by atoms with Crippen molar-refractivity contribution in [2.24, 2.45) is 11.8 Å². The number of hydrogen-bond donors (Lipinski definition) is 1. The van der Waals surface area contributed by atoms with E-state index in [-0.39, 0.29) is 6.04 Å². The summed E-state index contributed by atoms with van der Waals surface area (Å²) in [6.07, 6.45) is 8.57. The van der Waals surface area contributed by atoms with Gasteiger partial charge in [-0.2, -0.15) is 0 Å². The summed E-state index contributed by atoms with van der Waals surface area (Å²) in [6.45, 7) is 4.33. The fourth-order valence-corrected chi connectivity index (χ4v) is 3.54. The van der Waals surface area contributed by atoms with Crippen LogP contribution in [0, 0.1) is 11.8 Å². The molecule has 1 aliphatic carbocycles. The molecule has 2 fully saturated rings. The molecule has 3 atom stereocenters. The third-order valence-electron chi connectivity index (χ3n) is 4.52. The van der Waals surface area contributed by atoms with E-state index in [1.165, 1.54) is 32.1 Å². The summed E-state index contributed by atoms with van der Waals surface area (Å²) in [4.78, 5) is 13.3. The van der Waals surface area contributed by atoms with Gasteiger partial charge in [-0.15, -0.1) is 0 Å². The number of rotatable bonds is 4. The van der Waals surface area contributed by atoms with Gasteiger partial charge in [-0.3, -0.25) is 9.69 Å². The average molecular weight is 239 g/mol. The number of aliphatic carboxylic acids is 1. The zero-order valence-electron chi connectivity index (χ0n) is 10.9. The normalized spacial score (nSPS) is 35.0. The van der Waals surface area contributed by atoms with Crippen LogP contribution >= 0.6 is 0 Å². The first-order valence-corrected chi connectivity index (χ1v) is 7.13. The Morgan fingerprint density at radius 3 is 2.82 bits per heavy atom. The Kier molecular flexibility index (Phi) is 4.43. The van der Waals surface area contributed by atoms with Gasteiger partial charge in [0.1, 0.15) is 6.04 Å². The van der Waals surface area contributed by atoms with Crippen LogP contribution in [0.5, 0.6) is 0 Å². The highest BCUT2D eigenvalue weighted by Gasteiger charge is 2.30. The SMILES string of the molecule is C[C@@H]1CCC[C@H](CCN2CCC[C@H]2C(=O)O)C1. The van der Waals surface area contributed by atoms with Crippen LogP contribution < -0.4 is 0 Å². The minimum absolute atomic E-state index is 0.198. The summed E-state index contributed by atoms with van der Waals surface area (Å²) in [7, 11) is 0. The minimum Gasteiger partial charge on any atom is -0.480 e. The molecule has 0 bridgehead atoms. The van der Waals surface area contributed by atoms with E-state index in [2.05, 4.69) is 11.8 Å². The summed E-state index contributed by atoms with van der Waals surface area (Å²) in [5, 5.41) is 9.12. The molecule has 0 spiro atoms. The molecule has 1 aliphatic heterocycles. The van der Waals surface area contributed by atoms with Crippen molar-refractivity contribution in [3.05, 3.63) is 0 Å². The van der Waals surface area contributed by atoms with E-state index in [1.54, 1.807) is 0 Å². The molecule has 1 saturated heterocycles. The maximum absolute atomic E-state index is 11.1. The van der Waals surface area contributed by atoms with Crippen LogP contribution in [0.2, 0.25) is 0 Å². The summed E-state index contributed by atoms with van der Waals surface area (Å²) in [5.41, 5.74) is 0. The van der Waals surface area contributed by atoms with Crippen LogP contribution in [0.4, 0.5) is 0 Å². The Bertz CT molecular complexity index is 267. The fourth-order valence-electron chi connectivity index (χ4n) is 3.54. The van der Waals surface area contributed by atoms with Crippen LogP contribution in [0.25, 0.3) is 0 Å². The molecular weight excluding hydrogens is 214 g/mol. The van der Waals surface area contributed by atoms with Gasteiger partial charge in [0.15, 0.2) is 0 Å². The largest absolute Gasteiger partial charge is 0.480 e. The standard InChI is InChI=1S/C14H25NO2/c1-11-4-2-5-12(10-11)7-9-15-8-3-6-13(15)14(16)17/h11-13H,2-10H2,1H3,(H,16,17)/t11-,12-,13+/m1/s1. The second-order valence-electron chi connectivity index (χ2n) is 5.96. The molecule has 98 valence electrons. The molecule has 3 nitrogen and oxygen atoms in total. The highest BCUT2D eigenvalue weighted by molar-refractivity contribution is 5.73. The quantitative estimate of drug-likeness (QED) is 0.820. The van der Waals surface area contributed by atoms with Gasteiger partial charge >= 0.3 is 5.97 Å². The predicted molar refractivity (Wildman–Crippen MR) is 68.0 cm³/mol. The van der Waals surface area contributed by atoms with Gasteiger partial charge in [0.05, 0.1) is 0 Å². The van der Waals surface area contributed by atoms with Crippen LogP contribution in [0.1, 0.15) is 51.9 Å². The van der Waals surface area contributed by atoms with Crippen LogP contribution in [-0.4, -0.2) is 35.1 Å². The second kappa shape index (κ2) is 5.85. The van der Waals surface area contributed by atoms with Crippen LogP contribution in [0.3, 0.4) is 0 Å². The Hall–Kier alpha value is -0.570. The van der Waals surface area contributed by atoms with E-state index in [1.807, 2.05) is 0 Å². The smallest absolute Gasteiger partial charge is 0.320 e. The molecule has 3 heteroatoms. The number of carboxylic acids is 1. The number of carbonyl (C=O) groups is 1. The van der Waals surface area contributed by atoms with E-state index in [9.17, 15) is 4.79 Å². The molecule has 1 N–H and O–H groups in total. The van der Waals surface area contributed by atoms with Gasteiger partial charge in [0, 0.05) is 0 Å². The van der Waals surface area contributed by atoms with E-state index in [0.717, 1.165) is 37.8 Å². The highest BCUT2D eigenvalue weighted by Crippen LogP contribution is 2.31. The third kappa shape index (κ3) is 3.44. The maximum atomic E-state index is 11.1. The van der Waals surface area contributed by atoms with Crippen molar-refractivity contribution in [3.63, 3.8) is 0 Å². The maximum Gasteiger partial charge on any atom is 0.320 e. The van der Waals surface area contributed by atoms with Crippen LogP contribution in [0.15, 0.2) is 0 Å². The summed E-state index contributed by atoms with van der Waals surface area (Å²) < 4.78 is 0. The topological polar surface area (TPSA) is 40.5 Å². The Morgan fingerprint density at radius 1 is 1.29 bits per heavy atom. The van der Waals surface area contributed by atoms with Gasteiger partial charge < -0.3 is 5.11 Å². The summed E-state index contributed by atoms with van der Waals surface area (Å²) >= 11 is 0. The number of likely N-dealkylation sites (tertiary alicyclic amines) is 1. The minimum atomic E-state index is -0.625. The zero-order valence-corrected chi connectivity index (χ0v) is 10.9. The van der Waals surface area contributed by atoms with Gasteiger partial charge in [0.25, 0.3) is 0 Å². The second-order valence-corrected chi connectivity index (χ2v) is 5.96. The number of hydrogen-bond acceptors (Lipinski definition) is 2. The molecule has 0 aromatic heterocycles. The molecule has 17 heavy (non-hydrogen) atoms. The van der Waals surface area contributed by atoms with Gasteiger partial charge in [-0.1, -0.05) is 26.2 Å². The lowest BCUT2D eigenvalue weighted by Gasteiger charge is -2.29. The molecule has 0 aromatic carbocycles. The van der Waals surface area contributed by atoms with Crippen molar-refractivity contribution >= 4 is 5.97 Å². The van der Waals surface area contributed by atoms with Gasteiger partial charge in [0.2, 0.25) is 0 Å². The van der Waals surface area contributed by atoms with E-state index >= 15 is 0 Å². The molecule has 1 saturated carbocycles. The summed E-state index contributed by atoms with van der Waals surface area (Å²) in [5.74, 6) is 1.09. The van der Waals surface area contributed by atoms with Crippen molar-refractivity contribution < 1.29 is 9.90 Å². The number of carboxylic acid groups (broad SMARTS) is 1. The highest BCUT2D eigenvalue weighted by atomic mass is 16.4. The molecule has 1 heterocycles. The lowest BCUT2D eigenvalue weighted by atomic mass is 9.81. The first kappa shape index (κ1) is 12.9. The molecule has 2 rings (SSSR count). The molecular formula is C14H25NO2. The lowest BCUT2D eigenvalue weighted by Crippen LogP contribution is -2.37. The Labute approximate surface area is 104 Å². The first-order valence-electron chi connectivity index (χ1n) is 7.13. The van der Waals surface area contributed by atoms with E-state index in [4.69, 9.17) is 5.11 Å². The fraction of sp³-hybridized carbons (Fsp3) is 0.929. The Balaban J connectivity index is 1.75. The first-order chi connectivity index (χ1) is 8.16. The molecule has 0 aromatic rings. The lowest BCUT2D eigenvalue weighted by molar-refractivity contribution is -0.142. The van der Waals surface area contributed by atoms with Crippen molar-refractivity contribution in [1.29, 1.82) is 0 Å². The summed E-state index contributed by atoms with van der Waals surface area (Å²) in [6, 6.07) is -0.198. The predicted octanol–water partition coefficient (Wildman–Crippen LogP) is 2.75. The third-order valence-corrected chi connectivity index (χ3v) is 4.52. The molecule has 0 amide bonds. The van der Waals surface area contributed by atoms with Crippen molar-refractivity contribution in [1.82, 2.24) is 4.90 Å². The Morgan fingerprint density at radius 2 is 2.12 bits per heavy atom. The zero-order chi connectivity index (χ0) is 12.3. The van der Waals surface area contributed by atoms with Gasteiger partial charge in [-0.25, -0.2) is 0 Å². The van der Waals surface area contributed by atoms with E-state index in [0.29, 0.717) is 0 Å². The molecule has 2 aliphatic rings. The molecule has 0 radical (unpaired) electrons.